The molecule has 0 radical (unpaired) electrons. The second kappa shape index (κ2) is 15.4. The van der Waals surface area contributed by atoms with Crippen molar-refractivity contribution in [3.8, 4) is 0 Å². The van der Waals surface area contributed by atoms with Crippen LogP contribution in [0.25, 0.3) is 0 Å². The molecular weight excluding hydrogens is 600 g/mol. The lowest BCUT2D eigenvalue weighted by molar-refractivity contribution is -0.117. The molecule has 1 amide bonds. The van der Waals surface area contributed by atoms with Gasteiger partial charge in [0.05, 0.1) is 47.2 Å². The van der Waals surface area contributed by atoms with Crippen molar-refractivity contribution >= 4 is 28.9 Å². The van der Waals surface area contributed by atoms with E-state index in [9.17, 15) is 15.0 Å². The van der Waals surface area contributed by atoms with Gasteiger partial charge in [-0.25, -0.2) is 9.97 Å². The number of aromatic nitrogens is 2. The minimum atomic E-state index is -0.897. The number of anilines is 4. The van der Waals surface area contributed by atoms with Gasteiger partial charge in [-0.3, -0.25) is 4.79 Å². The average Bonchev–Trinajstić information content (AvgIpc) is 3.83. The Morgan fingerprint density at radius 1 is 0.851 bits per heavy atom. The van der Waals surface area contributed by atoms with Crippen LogP contribution in [-0.2, 0) is 27.4 Å². The Morgan fingerprint density at radius 2 is 1.32 bits per heavy atom. The molecule has 1 aliphatic carbocycles. The Kier molecular flexibility index (Phi) is 12.1. The first-order chi connectivity index (χ1) is 22.0. The topological polar surface area (TPSA) is 153 Å². The summed E-state index contributed by atoms with van der Waals surface area (Å²) >= 11 is 0. The number of carbonyl (C=O) groups is 1. The van der Waals surface area contributed by atoms with Gasteiger partial charge in [0, 0.05) is 45.2 Å². The first kappa shape index (κ1) is 36.8. The van der Waals surface area contributed by atoms with Crippen LogP contribution in [0, 0.1) is 5.92 Å². The number of rotatable bonds is 10. The third kappa shape index (κ3) is 10.7. The maximum atomic E-state index is 12.0. The summed E-state index contributed by atoms with van der Waals surface area (Å²) in [4.78, 5) is 29.8. The molecule has 2 unspecified atom stereocenters. The summed E-state index contributed by atoms with van der Waals surface area (Å²) in [7, 11) is 8.01. The normalized spacial score (nSPS) is 20.7. The number of amides is 1. The van der Waals surface area contributed by atoms with Gasteiger partial charge in [0.25, 0.3) is 0 Å². The maximum absolute atomic E-state index is 12.0. The van der Waals surface area contributed by atoms with Crippen LogP contribution in [0.4, 0.5) is 23.0 Å². The molecule has 2 saturated heterocycles. The monoisotopic (exact) mass is 656 g/mol. The second-order valence-corrected chi connectivity index (χ2v) is 14.5. The van der Waals surface area contributed by atoms with Crippen molar-refractivity contribution in [1.29, 1.82) is 0 Å². The predicted octanol–water partition coefficient (Wildman–Crippen LogP) is 2.17. The lowest BCUT2D eigenvalue weighted by atomic mass is 10.00. The molecule has 2 atom stereocenters. The van der Waals surface area contributed by atoms with Crippen molar-refractivity contribution in [2.45, 2.75) is 77.0 Å². The minimum absolute atomic E-state index is 0.0644. The molecule has 2 aromatic rings. The van der Waals surface area contributed by atoms with Gasteiger partial charge in [-0.05, 0) is 93.0 Å². The molecule has 5 rings (SSSR count). The molecule has 0 spiro atoms. The van der Waals surface area contributed by atoms with E-state index in [-0.39, 0.29) is 24.0 Å². The van der Waals surface area contributed by atoms with Crippen LogP contribution in [0.5, 0.6) is 0 Å². The highest BCUT2D eigenvalue weighted by atomic mass is 16.5. The summed E-state index contributed by atoms with van der Waals surface area (Å²) in [5, 5.41) is 23.4. The SMILES string of the molecule is CN(C)Cc1nc(N)ccc1N1CCOC(C(C)(C)O)C1.CN(C)Cc1nc(NC(=O)C2CC2)ccc1N1CCOC(C(C)(C)O)C1. The van der Waals surface area contributed by atoms with Crippen LogP contribution in [0.1, 0.15) is 51.9 Å². The molecule has 2 aromatic heterocycles. The van der Waals surface area contributed by atoms with E-state index in [0.29, 0.717) is 44.5 Å². The Hall–Kier alpha value is -3.07. The Labute approximate surface area is 280 Å². The molecule has 3 fully saturated rings. The number of carbonyl (C=O) groups excluding carboxylic acids is 1. The zero-order valence-electron chi connectivity index (χ0n) is 29.5. The van der Waals surface area contributed by atoms with Crippen molar-refractivity contribution in [2.24, 2.45) is 5.92 Å². The van der Waals surface area contributed by atoms with Crippen molar-refractivity contribution in [3.05, 3.63) is 35.7 Å². The smallest absolute Gasteiger partial charge is 0.228 e. The first-order valence-electron chi connectivity index (χ1n) is 16.5. The Bertz CT molecular complexity index is 1340. The number of morpholine rings is 2. The number of hydrogen-bond donors (Lipinski definition) is 4. The van der Waals surface area contributed by atoms with Crippen molar-refractivity contribution in [1.82, 2.24) is 19.8 Å². The molecule has 13 nitrogen and oxygen atoms in total. The molecule has 1 saturated carbocycles. The van der Waals surface area contributed by atoms with Crippen LogP contribution in [0.2, 0.25) is 0 Å². The molecule has 0 aromatic carbocycles. The maximum Gasteiger partial charge on any atom is 0.228 e. The molecule has 5 N–H and O–H groups in total. The number of hydrogen-bond acceptors (Lipinski definition) is 12. The lowest BCUT2D eigenvalue weighted by Gasteiger charge is -2.40. The van der Waals surface area contributed by atoms with E-state index in [1.165, 1.54) is 0 Å². The van der Waals surface area contributed by atoms with E-state index in [1.54, 1.807) is 27.7 Å². The Morgan fingerprint density at radius 3 is 1.77 bits per heavy atom. The fourth-order valence-electron chi connectivity index (χ4n) is 5.65. The highest BCUT2D eigenvalue weighted by molar-refractivity contribution is 5.93. The van der Waals surface area contributed by atoms with Crippen molar-refractivity contribution in [2.75, 3.05) is 88.4 Å². The zero-order chi connectivity index (χ0) is 34.5. The molecule has 0 bridgehead atoms. The number of aliphatic hydroxyl groups is 2. The highest BCUT2D eigenvalue weighted by Gasteiger charge is 2.35. The predicted molar refractivity (Wildman–Crippen MR) is 186 cm³/mol. The van der Waals surface area contributed by atoms with E-state index >= 15 is 0 Å². The van der Waals surface area contributed by atoms with E-state index in [0.717, 1.165) is 55.2 Å². The zero-order valence-corrected chi connectivity index (χ0v) is 29.5. The fraction of sp³-hybridized carbons (Fsp3) is 0.676. The average molecular weight is 657 g/mol. The van der Waals surface area contributed by atoms with Crippen LogP contribution in [0.15, 0.2) is 24.3 Å². The third-order valence-corrected chi connectivity index (χ3v) is 8.44. The van der Waals surface area contributed by atoms with E-state index in [4.69, 9.17) is 20.2 Å². The van der Waals surface area contributed by atoms with Gasteiger partial charge < -0.3 is 50.3 Å². The fourth-order valence-corrected chi connectivity index (χ4v) is 5.65. The molecular formula is C34H56N8O5. The van der Waals surface area contributed by atoms with Crippen molar-refractivity contribution in [3.63, 3.8) is 0 Å². The van der Waals surface area contributed by atoms with Gasteiger partial charge in [-0.1, -0.05) is 0 Å². The third-order valence-electron chi connectivity index (χ3n) is 8.44. The van der Waals surface area contributed by atoms with Crippen LogP contribution in [-0.4, -0.2) is 127 Å². The number of pyridine rings is 2. The van der Waals surface area contributed by atoms with Gasteiger partial charge in [-0.2, -0.15) is 0 Å². The quantitative estimate of drug-likeness (QED) is 0.297. The van der Waals surface area contributed by atoms with Crippen LogP contribution in [0.3, 0.4) is 0 Å². The van der Waals surface area contributed by atoms with Crippen LogP contribution < -0.4 is 20.9 Å². The van der Waals surface area contributed by atoms with Gasteiger partial charge in [0.15, 0.2) is 0 Å². The minimum Gasteiger partial charge on any atom is -0.388 e. The summed E-state index contributed by atoms with van der Waals surface area (Å²) in [6, 6.07) is 7.71. The largest absolute Gasteiger partial charge is 0.388 e. The van der Waals surface area contributed by atoms with Gasteiger partial charge in [-0.15, -0.1) is 0 Å². The highest BCUT2D eigenvalue weighted by Crippen LogP contribution is 2.31. The first-order valence-corrected chi connectivity index (χ1v) is 16.5. The summed E-state index contributed by atoms with van der Waals surface area (Å²) < 4.78 is 11.4. The van der Waals surface area contributed by atoms with E-state index in [2.05, 4.69) is 29.9 Å². The summed E-state index contributed by atoms with van der Waals surface area (Å²) in [6.45, 7) is 12.5. The van der Waals surface area contributed by atoms with E-state index < -0.39 is 11.2 Å². The van der Waals surface area contributed by atoms with Gasteiger partial charge in [0.1, 0.15) is 23.8 Å². The number of nitrogen functional groups attached to an aromatic ring is 1. The molecule has 47 heavy (non-hydrogen) atoms. The lowest BCUT2D eigenvalue weighted by Crippen LogP contribution is -2.52. The van der Waals surface area contributed by atoms with E-state index in [1.807, 2.05) is 52.5 Å². The Balaban J connectivity index is 0.000000218. The molecule has 4 heterocycles. The van der Waals surface area contributed by atoms with Gasteiger partial charge >= 0.3 is 0 Å². The van der Waals surface area contributed by atoms with Crippen molar-refractivity contribution < 1.29 is 24.5 Å². The summed E-state index contributed by atoms with van der Waals surface area (Å²) in [6.07, 6.45) is 1.48. The number of nitrogens with one attached hydrogen (secondary N) is 1. The molecule has 3 aliphatic rings. The standard InChI is InChI=1S/C19H30N4O3.C15H26N4O2/c1-19(2,25)16-12-23(9-10-26-16)15-7-8-17(20-14(15)11-22(3)4)21-18(24)13-5-6-13;1-15(2,20)13-10-19(7-8-21-13)12-5-6-14(16)17-11(12)9-18(3)4/h7-8,13,16,25H,5-6,9-12H2,1-4H3,(H,20,21,24);5-6,13,20H,7-10H2,1-4H3,(H2,16,17). The summed E-state index contributed by atoms with van der Waals surface area (Å²) in [5.74, 6) is 1.35. The van der Waals surface area contributed by atoms with Crippen LogP contribution >= 0.6 is 0 Å². The van der Waals surface area contributed by atoms with Gasteiger partial charge in [0.2, 0.25) is 5.91 Å². The molecule has 13 heteroatoms. The number of nitrogens with zero attached hydrogens (tertiary/aromatic N) is 6. The summed E-state index contributed by atoms with van der Waals surface area (Å²) in [5.41, 5.74) is 8.03. The molecule has 2 aliphatic heterocycles. The number of nitrogens with two attached hydrogens (primary N) is 1. The second-order valence-electron chi connectivity index (χ2n) is 14.5. The number of ether oxygens (including phenoxy) is 2. The molecule has 262 valence electrons.